The maximum absolute atomic E-state index is 9.84. The Kier molecular flexibility index (Phi) is 4.25. The Morgan fingerprint density at radius 2 is 2.20 bits per heavy atom. The summed E-state index contributed by atoms with van der Waals surface area (Å²) in [5, 5.41) is 9.84. The molecule has 112 valence electrons. The van der Waals surface area contributed by atoms with Gasteiger partial charge < -0.3 is 20.3 Å². The topological polar surface area (TPSA) is 64.7 Å². The first-order chi connectivity index (χ1) is 9.33. The quantitative estimate of drug-likeness (QED) is 0.784. The minimum absolute atomic E-state index is 0.162. The number of benzene rings is 1. The number of nitrogens with two attached hydrogens (primary N) is 1. The van der Waals surface area contributed by atoms with Crippen LogP contribution in [0.1, 0.15) is 39.2 Å². The number of aliphatic hydroxyl groups is 1. The maximum atomic E-state index is 9.84. The van der Waals surface area contributed by atoms with Crippen molar-refractivity contribution >= 4 is 0 Å². The van der Waals surface area contributed by atoms with Gasteiger partial charge in [0.15, 0.2) is 11.5 Å². The number of hydrogen-bond acceptors (Lipinski definition) is 4. The Morgan fingerprint density at radius 1 is 1.45 bits per heavy atom. The van der Waals surface area contributed by atoms with Crippen molar-refractivity contribution in [3.8, 4) is 11.5 Å². The molecular weight excluding hydrogens is 254 g/mol. The first-order valence-electron chi connectivity index (χ1n) is 7.19. The van der Waals surface area contributed by atoms with Gasteiger partial charge in [-0.3, -0.25) is 0 Å². The fraction of sp³-hybridized carbons (Fsp3) is 0.625. The molecule has 4 nitrogen and oxygen atoms in total. The van der Waals surface area contributed by atoms with Crippen LogP contribution in [0.4, 0.5) is 0 Å². The van der Waals surface area contributed by atoms with Gasteiger partial charge in [0.2, 0.25) is 0 Å². The van der Waals surface area contributed by atoms with E-state index < -0.39 is 5.60 Å². The average Bonchev–Trinajstić information content (AvgIpc) is 2.69. The van der Waals surface area contributed by atoms with Crippen molar-refractivity contribution in [3.05, 3.63) is 23.8 Å². The second kappa shape index (κ2) is 5.62. The van der Waals surface area contributed by atoms with Gasteiger partial charge in [0.05, 0.1) is 12.2 Å². The smallest absolute Gasteiger partial charge is 0.165 e. The van der Waals surface area contributed by atoms with Gasteiger partial charge in [0.1, 0.15) is 5.60 Å². The lowest BCUT2D eigenvalue weighted by Gasteiger charge is -2.21. The average molecular weight is 279 g/mol. The third-order valence-corrected chi connectivity index (χ3v) is 3.61. The fourth-order valence-corrected chi connectivity index (χ4v) is 2.44. The lowest BCUT2D eigenvalue weighted by Crippen LogP contribution is -2.34. The zero-order valence-corrected chi connectivity index (χ0v) is 12.6. The summed E-state index contributed by atoms with van der Waals surface area (Å²) in [6, 6.07) is 6.01. The molecule has 0 bridgehead atoms. The molecule has 0 saturated carbocycles. The number of ether oxygens (including phenoxy) is 2. The van der Waals surface area contributed by atoms with Gasteiger partial charge in [-0.05, 0) is 39.7 Å². The van der Waals surface area contributed by atoms with E-state index in [9.17, 15) is 5.11 Å². The first kappa shape index (κ1) is 15.1. The highest BCUT2D eigenvalue weighted by molar-refractivity contribution is 5.50. The van der Waals surface area contributed by atoms with Crippen molar-refractivity contribution < 1.29 is 14.6 Å². The van der Waals surface area contributed by atoms with Crippen molar-refractivity contribution in [2.75, 3.05) is 13.2 Å². The highest BCUT2D eigenvalue weighted by Crippen LogP contribution is 2.41. The standard InChI is InChI=1S/C16H25NO3/c1-15(2)10-12-6-4-7-13(14(12)20-15)19-9-5-8-16(3,18)11-17/h4,6-7,18H,5,8-11,17H2,1-3H3. The summed E-state index contributed by atoms with van der Waals surface area (Å²) in [4.78, 5) is 0. The van der Waals surface area contributed by atoms with Gasteiger partial charge in [-0.15, -0.1) is 0 Å². The lowest BCUT2D eigenvalue weighted by molar-refractivity contribution is 0.0533. The number of para-hydroxylation sites is 1. The molecule has 1 atom stereocenters. The summed E-state index contributed by atoms with van der Waals surface area (Å²) in [5.74, 6) is 1.66. The molecule has 0 radical (unpaired) electrons. The lowest BCUT2D eigenvalue weighted by atomic mass is 10.0. The van der Waals surface area contributed by atoms with Crippen molar-refractivity contribution in [1.29, 1.82) is 0 Å². The Balaban J connectivity index is 1.91. The Morgan fingerprint density at radius 3 is 2.90 bits per heavy atom. The van der Waals surface area contributed by atoms with Crippen LogP contribution < -0.4 is 15.2 Å². The van der Waals surface area contributed by atoms with E-state index in [0.29, 0.717) is 13.0 Å². The second-order valence-electron chi connectivity index (χ2n) is 6.44. The third-order valence-electron chi connectivity index (χ3n) is 3.61. The maximum Gasteiger partial charge on any atom is 0.165 e. The minimum atomic E-state index is -0.805. The van der Waals surface area contributed by atoms with Gasteiger partial charge >= 0.3 is 0 Å². The molecule has 1 aromatic carbocycles. The largest absolute Gasteiger partial charge is 0.490 e. The third kappa shape index (κ3) is 3.64. The van der Waals surface area contributed by atoms with Crippen LogP contribution in [-0.4, -0.2) is 29.5 Å². The Labute approximate surface area is 120 Å². The summed E-state index contributed by atoms with van der Waals surface area (Å²) in [5.41, 5.74) is 5.72. The van der Waals surface area contributed by atoms with Crippen LogP contribution in [0, 0.1) is 0 Å². The Hall–Kier alpha value is -1.26. The number of hydrogen-bond donors (Lipinski definition) is 2. The predicted molar refractivity (Wildman–Crippen MR) is 79.3 cm³/mol. The summed E-state index contributed by atoms with van der Waals surface area (Å²) in [6.45, 7) is 6.73. The van der Waals surface area contributed by atoms with Gasteiger partial charge in [-0.1, -0.05) is 12.1 Å². The molecule has 2 rings (SSSR count). The van der Waals surface area contributed by atoms with Crippen molar-refractivity contribution in [3.63, 3.8) is 0 Å². The van der Waals surface area contributed by atoms with Gasteiger partial charge in [0, 0.05) is 18.5 Å². The van der Waals surface area contributed by atoms with E-state index in [0.717, 1.165) is 24.3 Å². The SMILES string of the molecule is CC(O)(CN)CCCOc1cccc2c1OC(C)(C)C2. The molecule has 3 N–H and O–H groups in total. The molecule has 1 aliphatic heterocycles. The number of rotatable bonds is 6. The van der Waals surface area contributed by atoms with Crippen molar-refractivity contribution in [2.45, 2.75) is 51.2 Å². The van der Waals surface area contributed by atoms with E-state index in [1.54, 1.807) is 6.92 Å². The molecule has 20 heavy (non-hydrogen) atoms. The molecule has 1 unspecified atom stereocenters. The first-order valence-corrected chi connectivity index (χ1v) is 7.19. The molecule has 0 fully saturated rings. The molecule has 0 aromatic heterocycles. The van der Waals surface area contributed by atoms with Crippen LogP contribution in [0.5, 0.6) is 11.5 Å². The molecule has 4 heteroatoms. The van der Waals surface area contributed by atoms with Gasteiger partial charge in [0.25, 0.3) is 0 Å². The van der Waals surface area contributed by atoms with E-state index in [1.165, 1.54) is 5.56 Å². The highest BCUT2D eigenvalue weighted by Gasteiger charge is 2.32. The van der Waals surface area contributed by atoms with Crippen LogP contribution >= 0.6 is 0 Å². The zero-order chi connectivity index (χ0) is 14.8. The van der Waals surface area contributed by atoms with Crippen LogP contribution in [0.3, 0.4) is 0 Å². The predicted octanol–water partition coefficient (Wildman–Crippen LogP) is 2.27. The van der Waals surface area contributed by atoms with Crippen LogP contribution in [0.2, 0.25) is 0 Å². The van der Waals surface area contributed by atoms with Crippen molar-refractivity contribution in [2.24, 2.45) is 5.73 Å². The molecule has 1 aromatic rings. The van der Waals surface area contributed by atoms with E-state index in [4.69, 9.17) is 15.2 Å². The Bertz CT molecular complexity index is 469. The van der Waals surface area contributed by atoms with Gasteiger partial charge in [-0.25, -0.2) is 0 Å². The normalized spacial score (nSPS) is 19.1. The van der Waals surface area contributed by atoms with E-state index in [1.807, 2.05) is 12.1 Å². The molecular formula is C16H25NO3. The summed E-state index contributed by atoms with van der Waals surface area (Å²) in [7, 11) is 0. The monoisotopic (exact) mass is 279 g/mol. The molecule has 1 heterocycles. The molecule has 0 aliphatic carbocycles. The van der Waals surface area contributed by atoms with E-state index in [-0.39, 0.29) is 12.1 Å². The second-order valence-corrected chi connectivity index (χ2v) is 6.44. The molecule has 0 spiro atoms. The number of fused-ring (bicyclic) bond motifs is 1. The highest BCUT2D eigenvalue weighted by atomic mass is 16.5. The minimum Gasteiger partial charge on any atom is -0.490 e. The molecule has 1 aliphatic rings. The summed E-state index contributed by atoms with van der Waals surface area (Å²) < 4.78 is 11.8. The van der Waals surface area contributed by atoms with Crippen LogP contribution in [-0.2, 0) is 6.42 Å². The summed E-state index contributed by atoms with van der Waals surface area (Å²) >= 11 is 0. The van der Waals surface area contributed by atoms with E-state index >= 15 is 0 Å². The van der Waals surface area contributed by atoms with Crippen LogP contribution in [0.15, 0.2) is 18.2 Å². The molecule has 0 saturated heterocycles. The van der Waals surface area contributed by atoms with Crippen molar-refractivity contribution in [1.82, 2.24) is 0 Å². The summed E-state index contributed by atoms with van der Waals surface area (Å²) in [6.07, 6.45) is 2.30. The van der Waals surface area contributed by atoms with E-state index in [2.05, 4.69) is 19.9 Å². The van der Waals surface area contributed by atoms with Gasteiger partial charge in [-0.2, -0.15) is 0 Å². The molecule has 0 amide bonds. The zero-order valence-electron chi connectivity index (χ0n) is 12.6. The fourth-order valence-electron chi connectivity index (χ4n) is 2.44. The van der Waals surface area contributed by atoms with Crippen LogP contribution in [0.25, 0.3) is 0 Å².